The van der Waals surface area contributed by atoms with Crippen molar-refractivity contribution in [1.82, 2.24) is 0 Å². The molecule has 0 aliphatic carbocycles. The lowest BCUT2D eigenvalue weighted by molar-refractivity contribution is 0.00578. The quantitative estimate of drug-likeness (QED) is 0.786. The Morgan fingerprint density at radius 1 is 0.960 bits per heavy atom. The Morgan fingerprint density at radius 3 is 2.12 bits per heavy atom. The first-order valence-corrected chi connectivity index (χ1v) is 8.51. The molecule has 1 saturated heterocycles. The summed E-state index contributed by atoms with van der Waals surface area (Å²) in [5.41, 5.74) is 1.93. The van der Waals surface area contributed by atoms with Crippen molar-refractivity contribution in [2.24, 2.45) is 0 Å². The van der Waals surface area contributed by atoms with Crippen LogP contribution in [0.25, 0.3) is 0 Å². The Morgan fingerprint density at radius 2 is 1.56 bits per heavy atom. The summed E-state index contributed by atoms with van der Waals surface area (Å²) in [4.78, 5) is 0. The molecule has 0 amide bonds. The first-order chi connectivity index (χ1) is 11.7. The van der Waals surface area contributed by atoms with Crippen LogP contribution in [0.15, 0.2) is 42.5 Å². The van der Waals surface area contributed by atoms with Gasteiger partial charge in [-0.05, 0) is 57.8 Å². The van der Waals surface area contributed by atoms with Gasteiger partial charge in [0.2, 0.25) is 0 Å². The number of benzene rings is 2. The van der Waals surface area contributed by atoms with E-state index in [1.54, 1.807) is 12.1 Å². The van der Waals surface area contributed by atoms with E-state index in [9.17, 15) is 4.39 Å². The van der Waals surface area contributed by atoms with Gasteiger partial charge in [-0.3, -0.25) is 0 Å². The van der Waals surface area contributed by atoms with Crippen molar-refractivity contribution < 1.29 is 18.4 Å². The number of hydrogen-bond acceptors (Lipinski definition) is 3. The second kappa shape index (κ2) is 6.47. The van der Waals surface area contributed by atoms with Crippen molar-refractivity contribution in [2.45, 2.75) is 52.4 Å². The normalized spacial score (nSPS) is 18.4. The highest BCUT2D eigenvalue weighted by Gasteiger charge is 2.51. The fourth-order valence-corrected chi connectivity index (χ4v) is 2.61. The smallest absolute Gasteiger partial charge is 0.486 e. The molecule has 132 valence electrons. The highest BCUT2D eigenvalue weighted by molar-refractivity contribution is 6.62. The van der Waals surface area contributed by atoms with E-state index >= 15 is 0 Å². The van der Waals surface area contributed by atoms with E-state index in [4.69, 9.17) is 14.0 Å². The number of halogens is 1. The van der Waals surface area contributed by atoms with Gasteiger partial charge in [0.15, 0.2) is 11.6 Å². The zero-order chi connectivity index (χ0) is 18.2. The van der Waals surface area contributed by atoms with Crippen molar-refractivity contribution in [1.29, 1.82) is 0 Å². The molecule has 2 aromatic carbocycles. The Kier molecular flexibility index (Phi) is 4.65. The molecule has 0 saturated carbocycles. The maximum absolute atomic E-state index is 14.4. The van der Waals surface area contributed by atoms with Crippen LogP contribution in [0, 0.1) is 12.7 Å². The van der Waals surface area contributed by atoms with Crippen LogP contribution in [0.1, 0.15) is 38.8 Å². The van der Waals surface area contributed by atoms with E-state index in [2.05, 4.69) is 0 Å². The van der Waals surface area contributed by atoms with Crippen LogP contribution in [0.4, 0.5) is 4.39 Å². The zero-order valence-corrected chi connectivity index (χ0v) is 15.4. The van der Waals surface area contributed by atoms with Crippen molar-refractivity contribution in [3.8, 4) is 5.75 Å². The molecule has 2 aromatic rings. The van der Waals surface area contributed by atoms with Gasteiger partial charge in [0, 0.05) is 0 Å². The van der Waals surface area contributed by atoms with Gasteiger partial charge < -0.3 is 14.0 Å². The molecule has 0 radical (unpaired) electrons. The second-order valence-corrected chi connectivity index (χ2v) is 7.55. The summed E-state index contributed by atoms with van der Waals surface area (Å²) in [6.45, 7) is 10.3. The van der Waals surface area contributed by atoms with Crippen LogP contribution in [-0.4, -0.2) is 18.3 Å². The van der Waals surface area contributed by atoms with Gasteiger partial charge in [-0.1, -0.05) is 35.9 Å². The molecule has 0 atom stereocenters. The highest BCUT2D eigenvalue weighted by atomic mass is 19.1. The van der Waals surface area contributed by atoms with Gasteiger partial charge in [-0.25, -0.2) is 4.39 Å². The van der Waals surface area contributed by atoms with Crippen LogP contribution in [0.5, 0.6) is 5.75 Å². The molecule has 0 N–H and O–H groups in total. The van der Waals surface area contributed by atoms with Crippen LogP contribution in [-0.2, 0) is 15.9 Å². The van der Waals surface area contributed by atoms with E-state index in [1.165, 1.54) is 11.6 Å². The lowest BCUT2D eigenvalue weighted by Crippen LogP contribution is -2.41. The van der Waals surface area contributed by atoms with Gasteiger partial charge in [0.1, 0.15) is 6.61 Å². The first kappa shape index (κ1) is 18.0. The lowest BCUT2D eigenvalue weighted by Gasteiger charge is -2.32. The molecular formula is C20H24BFO3. The van der Waals surface area contributed by atoms with E-state index in [0.717, 1.165) is 5.56 Å². The SMILES string of the molecule is Cc1ccc(COc2ccc(B3OC(C)(C)C(C)(C)O3)cc2F)cc1. The lowest BCUT2D eigenvalue weighted by atomic mass is 9.79. The maximum Gasteiger partial charge on any atom is 0.494 e. The summed E-state index contributed by atoms with van der Waals surface area (Å²) in [6, 6.07) is 12.8. The number of rotatable bonds is 4. The summed E-state index contributed by atoms with van der Waals surface area (Å²) in [7, 11) is -0.578. The number of hydrogen-bond donors (Lipinski definition) is 0. The summed E-state index contributed by atoms with van der Waals surface area (Å²) < 4.78 is 31.9. The van der Waals surface area contributed by atoms with Gasteiger partial charge >= 0.3 is 7.12 Å². The zero-order valence-electron chi connectivity index (χ0n) is 15.4. The molecule has 0 spiro atoms. The van der Waals surface area contributed by atoms with Crippen molar-refractivity contribution in [2.75, 3.05) is 0 Å². The van der Waals surface area contributed by atoms with Gasteiger partial charge in [-0.15, -0.1) is 0 Å². The third-order valence-corrected chi connectivity index (χ3v) is 5.00. The predicted octanol–water partition coefficient (Wildman–Crippen LogP) is 4.01. The minimum Gasteiger partial charge on any atom is -0.486 e. The van der Waals surface area contributed by atoms with Crippen molar-refractivity contribution in [3.63, 3.8) is 0 Å². The molecule has 1 aliphatic heterocycles. The van der Waals surface area contributed by atoms with E-state index in [1.807, 2.05) is 58.9 Å². The Bertz CT molecular complexity index is 740. The second-order valence-electron chi connectivity index (χ2n) is 7.55. The van der Waals surface area contributed by atoms with Crippen LogP contribution < -0.4 is 10.2 Å². The van der Waals surface area contributed by atoms with Gasteiger partial charge in [0.25, 0.3) is 0 Å². The van der Waals surface area contributed by atoms with Gasteiger partial charge in [0.05, 0.1) is 11.2 Å². The Hall–Kier alpha value is -1.85. The fourth-order valence-electron chi connectivity index (χ4n) is 2.61. The standard InChI is InChI=1S/C20H24BFO3/c1-14-6-8-15(9-7-14)13-23-18-11-10-16(12-17(18)22)21-24-19(2,3)20(4,5)25-21/h6-12H,13H2,1-5H3. The summed E-state index contributed by atoms with van der Waals surface area (Å²) in [5.74, 6) is -0.194. The third-order valence-electron chi connectivity index (χ3n) is 5.00. The average Bonchev–Trinajstić information content (AvgIpc) is 2.76. The number of aryl methyl sites for hydroxylation is 1. The molecule has 1 aliphatic rings. The third kappa shape index (κ3) is 3.72. The minimum atomic E-state index is -0.578. The average molecular weight is 342 g/mol. The van der Waals surface area contributed by atoms with Crippen LogP contribution >= 0.6 is 0 Å². The number of ether oxygens (including phenoxy) is 1. The molecule has 1 fully saturated rings. The molecule has 1 heterocycles. The Labute approximate surface area is 149 Å². The molecule has 3 rings (SSSR count). The molecule has 3 nitrogen and oxygen atoms in total. The molecular weight excluding hydrogens is 318 g/mol. The summed E-state index contributed by atoms with van der Waals surface area (Å²) in [6.07, 6.45) is 0. The highest BCUT2D eigenvalue weighted by Crippen LogP contribution is 2.36. The summed E-state index contributed by atoms with van der Waals surface area (Å²) >= 11 is 0. The molecule has 5 heteroatoms. The molecule has 0 bridgehead atoms. The largest absolute Gasteiger partial charge is 0.494 e. The van der Waals surface area contributed by atoms with Gasteiger partial charge in [-0.2, -0.15) is 0 Å². The maximum atomic E-state index is 14.4. The van der Waals surface area contributed by atoms with E-state index in [-0.39, 0.29) is 5.75 Å². The minimum absolute atomic E-state index is 0.223. The van der Waals surface area contributed by atoms with E-state index in [0.29, 0.717) is 12.1 Å². The molecule has 0 unspecified atom stereocenters. The Balaban J connectivity index is 1.70. The molecule has 0 aromatic heterocycles. The fraction of sp³-hybridized carbons (Fsp3) is 0.400. The first-order valence-electron chi connectivity index (χ1n) is 8.51. The molecule has 25 heavy (non-hydrogen) atoms. The van der Waals surface area contributed by atoms with Crippen LogP contribution in [0.2, 0.25) is 0 Å². The predicted molar refractivity (Wildman–Crippen MR) is 97.6 cm³/mol. The summed E-state index contributed by atoms with van der Waals surface area (Å²) in [5, 5.41) is 0. The van der Waals surface area contributed by atoms with Crippen molar-refractivity contribution >= 4 is 12.6 Å². The monoisotopic (exact) mass is 342 g/mol. The van der Waals surface area contributed by atoms with Crippen molar-refractivity contribution in [3.05, 3.63) is 59.4 Å². The topological polar surface area (TPSA) is 27.7 Å². The van der Waals surface area contributed by atoms with E-state index < -0.39 is 24.1 Å². The van der Waals surface area contributed by atoms with Crippen LogP contribution in [0.3, 0.4) is 0 Å².